The molecule has 1 heterocycles. The van der Waals surface area contributed by atoms with Gasteiger partial charge in [0.15, 0.2) is 11.6 Å². The largest absolute Gasteiger partial charge is 0.490 e. The van der Waals surface area contributed by atoms with E-state index in [0.717, 1.165) is 24.0 Å². The number of rotatable bonds is 1. The van der Waals surface area contributed by atoms with Crippen LogP contribution in [0.5, 0.6) is 5.75 Å². The molecule has 0 bridgehead atoms. The minimum atomic E-state index is -0.340. The van der Waals surface area contributed by atoms with Crippen LogP contribution in [0.15, 0.2) is 12.1 Å². The van der Waals surface area contributed by atoms with E-state index in [2.05, 4.69) is 0 Å². The van der Waals surface area contributed by atoms with Crippen molar-refractivity contribution in [3.63, 3.8) is 0 Å². The molecule has 1 aromatic carbocycles. The first kappa shape index (κ1) is 9.01. The Morgan fingerprint density at radius 3 is 3.14 bits per heavy atom. The van der Waals surface area contributed by atoms with Crippen LogP contribution in [0.25, 0.3) is 0 Å². The van der Waals surface area contributed by atoms with Crippen molar-refractivity contribution in [2.75, 3.05) is 6.61 Å². The average Bonchev–Trinajstić information content (AvgIpc) is 2.18. The molecule has 1 aromatic rings. The Labute approximate surface area is 81.9 Å². The fourth-order valence-electron chi connectivity index (χ4n) is 1.69. The Morgan fingerprint density at radius 2 is 2.36 bits per heavy atom. The van der Waals surface area contributed by atoms with Crippen molar-refractivity contribution in [3.05, 3.63) is 29.1 Å². The predicted molar refractivity (Wildman–Crippen MR) is 49.5 cm³/mol. The quantitative estimate of drug-likeness (QED) is 0.681. The Hall–Kier alpha value is -1.56. The molecule has 1 aliphatic heterocycles. The molecule has 1 aliphatic rings. The van der Waals surface area contributed by atoms with Crippen LogP contribution >= 0.6 is 0 Å². The van der Waals surface area contributed by atoms with Gasteiger partial charge in [0.25, 0.3) is 0 Å². The van der Waals surface area contributed by atoms with E-state index >= 15 is 0 Å². The molecule has 2 nitrogen and oxygen atoms in total. The van der Waals surface area contributed by atoms with Gasteiger partial charge in [-0.05, 0) is 30.0 Å². The first-order chi connectivity index (χ1) is 6.81. The lowest BCUT2D eigenvalue weighted by Gasteiger charge is -2.18. The molecule has 0 fully saturated rings. The van der Waals surface area contributed by atoms with Gasteiger partial charge in [0.1, 0.15) is 0 Å². The van der Waals surface area contributed by atoms with E-state index < -0.39 is 0 Å². The molecular weight excluding hydrogens is 181 g/mol. The highest BCUT2D eigenvalue weighted by molar-refractivity contribution is 5.40. The van der Waals surface area contributed by atoms with E-state index in [1.54, 1.807) is 0 Å². The Kier molecular flexibility index (Phi) is 2.36. The van der Waals surface area contributed by atoms with Gasteiger partial charge >= 0.3 is 0 Å². The van der Waals surface area contributed by atoms with Crippen molar-refractivity contribution in [2.45, 2.75) is 19.3 Å². The predicted octanol–water partition coefficient (Wildman–Crippen LogP) is 2.22. The second-order valence-electron chi connectivity index (χ2n) is 3.35. The summed E-state index contributed by atoms with van der Waals surface area (Å²) in [7, 11) is 0. The van der Waals surface area contributed by atoms with Crippen molar-refractivity contribution in [1.82, 2.24) is 0 Å². The molecule has 0 aliphatic carbocycles. The minimum Gasteiger partial charge on any atom is -0.490 e. The first-order valence-corrected chi connectivity index (χ1v) is 4.62. The number of nitrogens with zero attached hydrogens (tertiary/aromatic N) is 1. The molecule has 0 aromatic heterocycles. The monoisotopic (exact) mass is 191 g/mol. The number of hydrogen-bond acceptors (Lipinski definition) is 2. The topological polar surface area (TPSA) is 33.0 Å². The van der Waals surface area contributed by atoms with Crippen molar-refractivity contribution in [1.29, 1.82) is 5.26 Å². The summed E-state index contributed by atoms with van der Waals surface area (Å²) in [6, 6.07) is 5.25. The number of aryl methyl sites for hydroxylation is 1. The fraction of sp³-hybridized carbons (Fsp3) is 0.364. The van der Waals surface area contributed by atoms with Crippen LogP contribution in [-0.2, 0) is 12.8 Å². The highest BCUT2D eigenvalue weighted by atomic mass is 19.1. The first-order valence-electron chi connectivity index (χ1n) is 4.62. The van der Waals surface area contributed by atoms with Crippen LogP contribution in [-0.4, -0.2) is 6.61 Å². The molecule has 0 radical (unpaired) electrons. The molecule has 72 valence electrons. The van der Waals surface area contributed by atoms with Gasteiger partial charge in [-0.1, -0.05) is 6.07 Å². The summed E-state index contributed by atoms with van der Waals surface area (Å²) in [6.45, 7) is 0.585. The zero-order valence-electron chi connectivity index (χ0n) is 7.72. The van der Waals surface area contributed by atoms with Crippen molar-refractivity contribution >= 4 is 0 Å². The van der Waals surface area contributed by atoms with E-state index in [-0.39, 0.29) is 12.2 Å². The third kappa shape index (κ3) is 1.56. The lowest BCUT2D eigenvalue weighted by atomic mass is 10.0. The summed E-state index contributed by atoms with van der Waals surface area (Å²) in [5.74, 6) is 0.0328. The highest BCUT2D eigenvalue weighted by Crippen LogP contribution is 2.29. The molecule has 0 unspecified atom stereocenters. The molecule has 0 saturated heterocycles. The van der Waals surface area contributed by atoms with Crippen LogP contribution in [0.3, 0.4) is 0 Å². The van der Waals surface area contributed by atoms with Crippen LogP contribution in [0.1, 0.15) is 17.5 Å². The third-order valence-electron chi connectivity index (χ3n) is 2.30. The second kappa shape index (κ2) is 3.67. The van der Waals surface area contributed by atoms with Gasteiger partial charge in [0, 0.05) is 0 Å². The number of ether oxygens (including phenoxy) is 1. The van der Waals surface area contributed by atoms with E-state index in [4.69, 9.17) is 10.00 Å². The summed E-state index contributed by atoms with van der Waals surface area (Å²) < 4.78 is 18.7. The van der Waals surface area contributed by atoms with Gasteiger partial charge in [0.05, 0.1) is 19.1 Å². The lowest BCUT2D eigenvalue weighted by Crippen LogP contribution is -2.10. The maximum absolute atomic E-state index is 13.4. The molecule has 0 saturated carbocycles. The molecule has 0 spiro atoms. The number of hydrogen-bond donors (Lipinski definition) is 0. The summed E-state index contributed by atoms with van der Waals surface area (Å²) in [6.07, 6.45) is 2.01. The zero-order chi connectivity index (χ0) is 9.97. The average molecular weight is 191 g/mol. The maximum Gasteiger partial charge on any atom is 0.165 e. The summed E-state index contributed by atoms with van der Waals surface area (Å²) >= 11 is 0. The van der Waals surface area contributed by atoms with E-state index in [1.165, 1.54) is 6.07 Å². The van der Waals surface area contributed by atoms with E-state index in [1.807, 2.05) is 12.1 Å². The smallest absolute Gasteiger partial charge is 0.165 e. The number of benzene rings is 1. The van der Waals surface area contributed by atoms with Crippen LogP contribution < -0.4 is 4.74 Å². The van der Waals surface area contributed by atoms with Gasteiger partial charge in [0.2, 0.25) is 0 Å². The molecule has 0 amide bonds. The lowest BCUT2D eigenvalue weighted by molar-refractivity contribution is 0.273. The van der Waals surface area contributed by atoms with Crippen LogP contribution in [0, 0.1) is 17.1 Å². The Bertz CT molecular complexity index is 395. The number of halogens is 1. The van der Waals surface area contributed by atoms with Crippen molar-refractivity contribution in [2.24, 2.45) is 0 Å². The third-order valence-corrected chi connectivity index (χ3v) is 2.30. The van der Waals surface area contributed by atoms with Crippen LogP contribution in [0.4, 0.5) is 4.39 Å². The molecule has 14 heavy (non-hydrogen) atoms. The Morgan fingerprint density at radius 1 is 1.50 bits per heavy atom. The summed E-state index contributed by atoms with van der Waals surface area (Å²) in [4.78, 5) is 0. The van der Waals surface area contributed by atoms with Gasteiger partial charge in [-0.15, -0.1) is 0 Å². The van der Waals surface area contributed by atoms with Crippen LogP contribution in [0.2, 0.25) is 0 Å². The second-order valence-corrected chi connectivity index (χ2v) is 3.35. The van der Waals surface area contributed by atoms with Crippen molar-refractivity contribution in [3.8, 4) is 11.8 Å². The molecule has 0 atom stereocenters. The SMILES string of the molecule is N#CCc1cc(F)c2c(c1)CCCO2. The zero-order valence-corrected chi connectivity index (χ0v) is 7.72. The van der Waals surface area contributed by atoms with E-state index in [9.17, 15) is 4.39 Å². The minimum absolute atomic E-state index is 0.254. The van der Waals surface area contributed by atoms with E-state index in [0.29, 0.717) is 12.4 Å². The Balaban J connectivity index is 2.42. The molecule has 0 N–H and O–H groups in total. The molecular formula is C11H10FNO. The molecule has 2 rings (SSSR count). The normalized spacial score (nSPS) is 14.0. The fourth-order valence-corrected chi connectivity index (χ4v) is 1.69. The summed E-state index contributed by atoms with van der Waals surface area (Å²) in [5.41, 5.74) is 1.62. The standard InChI is InChI=1S/C11H10FNO/c12-10-7-8(3-4-13)6-9-2-1-5-14-11(9)10/h6-7H,1-3,5H2. The van der Waals surface area contributed by atoms with Gasteiger partial charge in [-0.25, -0.2) is 4.39 Å². The molecule has 3 heteroatoms. The van der Waals surface area contributed by atoms with Gasteiger partial charge < -0.3 is 4.74 Å². The number of fused-ring (bicyclic) bond motifs is 1. The van der Waals surface area contributed by atoms with Crippen molar-refractivity contribution < 1.29 is 9.13 Å². The van der Waals surface area contributed by atoms with Gasteiger partial charge in [-0.3, -0.25) is 0 Å². The highest BCUT2D eigenvalue weighted by Gasteiger charge is 2.15. The van der Waals surface area contributed by atoms with Gasteiger partial charge in [-0.2, -0.15) is 5.26 Å². The summed E-state index contributed by atoms with van der Waals surface area (Å²) in [5, 5.41) is 8.51. The maximum atomic E-state index is 13.4. The number of nitriles is 1.